The molecule has 31 heavy (non-hydrogen) atoms. The average Bonchev–Trinajstić information content (AvgIpc) is 2.73. The van der Waals surface area contributed by atoms with E-state index in [1.54, 1.807) is 48.5 Å². The molecule has 3 aromatic carbocycles. The first-order valence-electron chi connectivity index (χ1n) is 10.1. The molecule has 0 bridgehead atoms. The van der Waals surface area contributed by atoms with Crippen molar-refractivity contribution >= 4 is 21.6 Å². The highest BCUT2D eigenvalue weighted by molar-refractivity contribution is 7.92. The van der Waals surface area contributed by atoms with Gasteiger partial charge in [0.2, 0.25) is 10.0 Å². The third-order valence-electron chi connectivity index (χ3n) is 5.24. The summed E-state index contributed by atoms with van der Waals surface area (Å²) in [6.07, 6.45) is 1.19. The molecule has 1 atom stereocenters. The van der Waals surface area contributed by atoms with Gasteiger partial charge in [0.25, 0.3) is 5.91 Å². The highest BCUT2D eigenvalue weighted by Crippen LogP contribution is 2.21. The number of sulfonamides is 1. The lowest BCUT2D eigenvalue weighted by molar-refractivity contribution is 0.0940. The van der Waals surface area contributed by atoms with Crippen molar-refractivity contribution in [2.45, 2.75) is 33.4 Å². The molecule has 0 aliphatic carbocycles. The molecule has 3 aromatic rings. The van der Waals surface area contributed by atoms with Crippen molar-refractivity contribution in [3.05, 3.63) is 101 Å². The Morgan fingerprint density at radius 2 is 1.61 bits per heavy atom. The number of benzene rings is 3. The van der Waals surface area contributed by atoms with E-state index in [-0.39, 0.29) is 18.5 Å². The summed E-state index contributed by atoms with van der Waals surface area (Å²) in [4.78, 5) is 12.7. The maximum Gasteiger partial charge on any atom is 0.251 e. The predicted molar refractivity (Wildman–Crippen MR) is 126 cm³/mol. The number of rotatable bonds is 7. The Morgan fingerprint density at radius 1 is 0.968 bits per heavy atom. The zero-order chi connectivity index (χ0) is 22.6. The number of hydrogen-bond acceptors (Lipinski definition) is 3. The van der Waals surface area contributed by atoms with Crippen molar-refractivity contribution in [1.29, 1.82) is 0 Å². The molecule has 0 aromatic heterocycles. The van der Waals surface area contributed by atoms with E-state index in [4.69, 9.17) is 0 Å². The fourth-order valence-corrected chi connectivity index (χ4v) is 4.39. The topological polar surface area (TPSA) is 66.5 Å². The first-order chi connectivity index (χ1) is 14.6. The van der Waals surface area contributed by atoms with Crippen LogP contribution in [0.15, 0.2) is 72.8 Å². The molecule has 0 aliphatic heterocycles. The number of aryl methyl sites for hydroxylation is 2. The van der Waals surface area contributed by atoms with Crippen LogP contribution in [0.25, 0.3) is 0 Å². The van der Waals surface area contributed by atoms with Crippen LogP contribution in [0.3, 0.4) is 0 Å². The van der Waals surface area contributed by atoms with Gasteiger partial charge in [0.1, 0.15) is 0 Å². The largest absolute Gasteiger partial charge is 0.346 e. The van der Waals surface area contributed by atoms with Gasteiger partial charge in [-0.2, -0.15) is 0 Å². The number of nitrogens with zero attached hydrogens (tertiary/aromatic N) is 1. The normalized spacial score (nSPS) is 12.3. The van der Waals surface area contributed by atoms with E-state index in [1.165, 1.54) is 10.6 Å². The molecule has 0 saturated heterocycles. The zero-order valence-electron chi connectivity index (χ0n) is 18.3. The van der Waals surface area contributed by atoms with Gasteiger partial charge in [0.15, 0.2) is 0 Å². The van der Waals surface area contributed by atoms with E-state index in [0.717, 1.165) is 22.3 Å². The van der Waals surface area contributed by atoms with Crippen LogP contribution in [0, 0.1) is 13.8 Å². The van der Waals surface area contributed by atoms with Gasteiger partial charge >= 0.3 is 0 Å². The lowest BCUT2D eigenvalue weighted by atomic mass is 9.99. The summed E-state index contributed by atoms with van der Waals surface area (Å²) in [6.45, 7) is 6.24. The molecule has 6 heteroatoms. The molecule has 162 valence electrons. The van der Waals surface area contributed by atoms with Crippen LogP contribution in [0.4, 0.5) is 5.69 Å². The maximum absolute atomic E-state index is 12.7. The van der Waals surface area contributed by atoms with E-state index in [0.29, 0.717) is 11.3 Å². The minimum atomic E-state index is -3.44. The molecule has 3 rings (SSSR count). The summed E-state index contributed by atoms with van der Waals surface area (Å²) in [7, 11) is -3.44. The predicted octanol–water partition coefficient (Wildman–Crippen LogP) is 4.76. The average molecular weight is 437 g/mol. The SMILES string of the molecule is Cc1ccc(C)c([C@H](C)NC(=O)c2ccc(CN(c3ccccc3)S(C)(=O)=O)cc2)c1. The second kappa shape index (κ2) is 9.35. The van der Waals surface area contributed by atoms with Gasteiger partial charge in [-0.05, 0) is 61.7 Å². The van der Waals surface area contributed by atoms with E-state index < -0.39 is 10.0 Å². The van der Waals surface area contributed by atoms with Crippen molar-refractivity contribution in [1.82, 2.24) is 5.32 Å². The van der Waals surface area contributed by atoms with Crippen LogP contribution < -0.4 is 9.62 Å². The Bertz CT molecular complexity index is 1160. The quantitative estimate of drug-likeness (QED) is 0.581. The number of para-hydroxylation sites is 1. The molecule has 0 unspecified atom stereocenters. The molecule has 0 fully saturated rings. The first-order valence-corrected chi connectivity index (χ1v) is 12.0. The molecule has 0 spiro atoms. The van der Waals surface area contributed by atoms with Crippen LogP contribution in [-0.2, 0) is 16.6 Å². The monoisotopic (exact) mass is 436 g/mol. The number of anilines is 1. The number of carbonyl (C=O) groups excluding carboxylic acids is 1. The van der Waals surface area contributed by atoms with Gasteiger partial charge in [-0.15, -0.1) is 0 Å². The Hall–Kier alpha value is -3.12. The van der Waals surface area contributed by atoms with E-state index in [1.807, 2.05) is 26.8 Å². The van der Waals surface area contributed by atoms with E-state index >= 15 is 0 Å². The van der Waals surface area contributed by atoms with Gasteiger partial charge in [0.05, 0.1) is 24.5 Å². The summed E-state index contributed by atoms with van der Waals surface area (Å²) in [5.74, 6) is -0.164. The van der Waals surface area contributed by atoms with Crippen LogP contribution in [-0.4, -0.2) is 20.6 Å². The van der Waals surface area contributed by atoms with Gasteiger partial charge in [0, 0.05) is 5.56 Å². The Balaban J connectivity index is 1.73. The van der Waals surface area contributed by atoms with Crippen LogP contribution in [0.2, 0.25) is 0 Å². The third-order valence-corrected chi connectivity index (χ3v) is 6.38. The van der Waals surface area contributed by atoms with Crippen LogP contribution in [0.1, 0.15) is 45.6 Å². The summed E-state index contributed by atoms with van der Waals surface area (Å²) in [6, 6.07) is 22.1. The molecule has 0 saturated carbocycles. The van der Waals surface area contributed by atoms with Gasteiger partial charge in [-0.25, -0.2) is 8.42 Å². The molecule has 0 aliphatic rings. The maximum atomic E-state index is 12.7. The van der Waals surface area contributed by atoms with Crippen molar-refractivity contribution in [3.8, 4) is 0 Å². The number of nitrogens with one attached hydrogen (secondary N) is 1. The summed E-state index contributed by atoms with van der Waals surface area (Å²) in [5, 5.41) is 3.05. The summed E-state index contributed by atoms with van der Waals surface area (Å²) >= 11 is 0. The third kappa shape index (κ3) is 5.73. The van der Waals surface area contributed by atoms with Crippen molar-refractivity contribution in [2.75, 3.05) is 10.6 Å². The zero-order valence-corrected chi connectivity index (χ0v) is 19.1. The fraction of sp³-hybridized carbons (Fsp3) is 0.240. The first kappa shape index (κ1) is 22.6. The Morgan fingerprint density at radius 3 is 2.23 bits per heavy atom. The summed E-state index contributed by atoms with van der Waals surface area (Å²) < 4.78 is 25.9. The lowest BCUT2D eigenvalue weighted by Crippen LogP contribution is -2.29. The second-order valence-corrected chi connectivity index (χ2v) is 9.76. The van der Waals surface area contributed by atoms with Gasteiger partial charge in [-0.3, -0.25) is 9.10 Å². The number of carbonyl (C=O) groups is 1. The van der Waals surface area contributed by atoms with Gasteiger partial charge in [-0.1, -0.05) is 54.1 Å². The fourth-order valence-electron chi connectivity index (χ4n) is 3.51. The van der Waals surface area contributed by atoms with Crippen molar-refractivity contribution in [3.63, 3.8) is 0 Å². The molecule has 0 heterocycles. The number of hydrogen-bond donors (Lipinski definition) is 1. The van der Waals surface area contributed by atoms with Crippen LogP contribution in [0.5, 0.6) is 0 Å². The smallest absolute Gasteiger partial charge is 0.251 e. The molecular weight excluding hydrogens is 408 g/mol. The highest BCUT2D eigenvalue weighted by atomic mass is 32.2. The molecule has 5 nitrogen and oxygen atoms in total. The molecule has 0 radical (unpaired) electrons. The van der Waals surface area contributed by atoms with Crippen LogP contribution >= 0.6 is 0 Å². The lowest BCUT2D eigenvalue weighted by Gasteiger charge is -2.22. The minimum Gasteiger partial charge on any atom is -0.346 e. The van der Waals surface area contributed by atoms with Crippen molar-refractivity contribution in [2.24, 2.45) is 0 Å². The van der Waals surface area contributed by atoms with E-state index in [9.17, 15) is 13.2 Å². The standard InChI is InChI=1S/C25H28N2O3S/c1-18-10-11-19(2)24(16-18)20(3)26-25(28)22-14-12-21(13-15-22)17-27(31(4,29)30)23-8-6-5-7-9-23/h5-16,20H,17H2,1-4H3,(H,26,28)/t20-/m0/s1. The highest BCUT2D eigenvalue weighted by Gasteiger charge is 2.18. The second-order valence-electron chi connectivity index (χ2n) is 7.86. The molecule has 1 amide bonds. The van der Waals surface area contributed by atoms with Crippen molar-refractivity contribution < 1.29 is 13.2 Å². The van der Waals surface area contributed by atoms with E-state index in [2.05, 4.69) is 23.5 Å². The molecule has 1 N–H and O–H groups in total. The summed E-state index contributed by atoms with van der Waals surface area (Å²) in [5.41, 5.74) is 5.32. The Labute approximate surface area is 184 Å². The van der Waals surface area contributed by atoms with Gasteiger partial charge < -0.3 is 5.32 Å². The minimum absolute atomic E-state index is 0.120. The Kier molecular flexibility index (Phi) is 6.81. The number of amides is 1. The molecular formula is C25H28N2O3S.